The topological polar surface area (TPSA) is 20.3 Å². The van der Waals surface area contributed by atoms with Gasteiger partial charge in [0.2, 0.25) is 0 Å². The van der Waals surface area contributed by atoms with E-state index in [1.165, 1.54) is 24.3 Å². The first-order valence-electron chi connectivity index (χ1n) is 5.01. The van der Waals surface area contributed by atoms with E-state index in [4.69, 9.17) is 23.2 Å². The summed E-state index contributed by atoms with van der Waals surface area (Å²) in [7, 11) is 0. The van der Waals surface area contributed by atoms with E-state index in [-0.39, 0.29) is 18.0 Å². The maximum Gasteiger partial charge on any atom is 0.406 e. The molecule has 1 aromatic rings. The van der Waals surface area contributed by atoms with Crippen LogP contribution in [0, 0.1) is 0 Å². The van der Waals surface area contributed by atoms with Crippen molar-refractivity contribution in [1.82, 2.24) is 4.90 Å². The highest BCUT2D eigenvalue weighted by molar-refractivity contribution is 6.30. The van der Waals surface area contributed by atoms with Crippen molar-refractivity contribution in [2.45, 2.75) is 6.18 Å². The maximum atomic E-state index is 12.3. The quantitative estimate of drug-likeness (QED) is 0.778. The summed E-state index contributed by atoms with van der Waals surface area (Å²) in [5.41, 5.74) is 0.108. The molecular weight excluding hydrogens is 290 g/mol. The first-order valence-corrected chi connectivity index (χ1v) is 5.92. The van der Waals surface area contributed by atoms with Gasteiger partial charge in [0.05, 0.1) is 0 Å². The van der Waals surface area contributed by atoms with Gasteiger partial charge in [-0.25, -0.2) is 0 Å². The van der Waals surface area contributed by atoms with Gasteiger partial charge in [-0.2, -0.15) is 13.2 Å². The minimum atomic E-state index is -4.46. The third-order valence-corrected chi connectivity index (χ3v) is 2.49. The summed E-state index contributed by atoms with van der Waals surface area (Å²) in [6, 6.07) is 5.77. The molecule has 0 saturated heterocycles. The van der Waals surface area contributed by atoms with Crippen LogP contribution in [0.15, 0.2) is 24.3 Å². The fourth-order valence-electron chi connectivity index (χ4n) is 1.37. The molecule has 0 aliphatic rings. The highest BCUT2D eigenvalue weighted by atomic mass is 35.5. The molecule has 0 bridgehead atoms. The average Bonchev–Trinajstić information content (AvgIpc) is 2.26. The molecule has 18 heavy (non-hydrogen) atoms. The Hall–Kier alpha value is -0.940. The molecule has 0 fully saturated rings. The van der Waals surface area contributed by atoms with E-state index in [1.807, 2.05) is 0 Å². The van der Waals surface area contributed by atoms with Gasteiger partial charge in [0.25, 0.3) is 5.91 Å². The predicted octanol–water partition coefficient (Wildman–Crippen LogP) is 3.58. The van der Waals surface area contributed by atoms with E-state index >= 15 is 0 Å². The molecule has 1 rings (SSSR count). The van der Waals surface area contributed by atoms with Crippen molar-refractivity contribution < 1.29 is 18.0 Å². The number of amides is 1. The minimum absolute atomic E-state index is 0.0671. The minimum Gasteiger partial charge on any atom is -0.328 e. The highest BCUT2D eigenvalue weighted by Crippen LogP contribution is 2.19. The molecule has 0 heterocycles. The zero-order valence-corrected chi connectivity index (χ0v) is 10.7. The van der Waals surface area contributed by atoms with Gasteiger partial charge >= 0.3 is 6.18 Å². The van der Waals surface area contributed by atoms with Crippen molar-refractivity contribution in [1.29, 1.82) is 0 Å². The summed E-state index contributed by atoms with van der Waals surface area (Å²) < 4.78 is 37.0. The van der Waals surface area contributed by atoms with Crippen LogP contribution in [0.4, 0.5) is 13.2 Å². The Labute approximate surface area is 112 Å². The smallest absolute Gasteiger partial charge is 0.328 e. The molecule has 0 atom stereocenters. The van der Waals surface area contributed by atoms with E-state index in [0.29, 0.717) is 9.92 Å². The van der Waals surface area contributed by atoms with Crippen LogP contribution in [0.25, 0.3) is 0 Å². The van der Waals surface area contributed by atoms with Gasteiger partial charge in [0.15, 0.2) is 0 Å². The summed E-state index contributed by atoms with van der Waals surface area (Å²) in [6.45, 7) is -1.50. The largest absolute Gasteiger partial charge is 0.406 e. The van der Waals surface area contributed by atoms with Crippen molar-refractivity contribution in [3.63, 3.8) is 0 Å². The van der Waals surface area contributed by atoms with E-state index < -0.39 is 18.6 Å². The first kappa shape index (κ1) is 15.1. The monoisotopic (exact) mass is 299 g/mol. The molecule has 2 nitrogen and oxygen atoms in total. The molecule has 1 aromatic carbocycles. The molecule has 0 N–H and O–H groups in total. The Morgan fingerprint density at radius 2 is 2.00 bits per heavy atom. The zero-order chi connectivity index (χ0) is 13.8. The van der Waals surface area contributed by atoms with E-state index in [1.54, 1.807) is 0 Å². The molecule has 0 unspecified atom stereocenters. The van der Waals surface area contributed by atoms with Gasteiger partial charge in [-0.05, 0) is 18.2 Å². The molecule has 1 amide bonds. The van der Waals surface area contributed by atoms with Gasteiger partial charge in [-0.15, -0.1) is 11.6 Å². The lowest BCUT2D eigenvalue weighted by Crippen LogP contribution is -2.40. The van der Waals surface area contributed by atoms with Gasteiger partial charge < -0.3 is 4.90 Å². The van der Waals surface area contributed by atoms with Crippen molar-refractivity contribution in [3.05, 3.63) is 34.9 Å². The van der Waals surface area contributed by atoms with Gasteiger partial charge in [-0.3, -0.25) is 4.79 Å². The lowest BCUT2D eigenvalue weighted by Gasteiger charge is -2.23. The Kier molecular flexibility index (Phi) is 5.28. The maximum absolute atomic E-state index is 12.3. The van der Waals surface area contributed by atoms with Crippen molar-refractivity contribution >= 4 is 29.1 Å². The first-order chi connectivity index (χ1) is 8.33. The normalized spacial score (nSPS) is 11.4. The van der Waals surface area contributed by atoms with E-state index in [0.717, 1.165) is 0 Å². The summed E-state index contributed by atoms with van der Waals surface area (Å²) in [5.74, 6) is -0.807. The van der Waals surface area contributed by atoms with Gasteiger partial charge in [-0.1, -0.05) is 17.7 Å². The Morgan fingerprint density at radius 1 is 1.33 bits per heavy atom. The van der Waals surface area contributed by atoms with Crippen molar-refractivity contribution in [2.75, 3.05) is 19.0 Å². The summed E-state index contributed by atoms with van der Waals surface area (Å²) >= 11 is 11.1. The van der Waals surface area contributed by atoms with E-state index in [9.17, 15) is 18.0 Å². The molecule has 100 valence electrons. The summed E-state index contributed by atoms with van der Waals surface area (Å²) in [4.78, 5) is 12.5. The fraction of sp³-hybridized carbons (Fsp3) is 0.364. The highest BCUT2D eigenvalue weighted by Gasteiger charge is 2.33. The molecular formula is C11H10Cl2F3NO. The second-order valence-electron chi connectivity index (χ2n) is 3.54. The second kappa shape index (κ2) is 6.29. The van der Waals surface area contributed by atoms with Gasteiger partial charge in [0.1, 0.15) is 6.54 Å². The number of halogens is 5. The summed E-state index contributed by atoms with van der Waals surface area (Å²) in [6.07, 6.45) is -4.46. The van der Waals surface area contributed by atoms with Crippen LogP contribution < -0.4 is 0 Å². The molecule has 7 heteroatoms. The lowest BCUT2D eigenvalue weighted by atomic mass is 10.2. The number of alkyl halides is 4. The standard InChI is InChI=1S/C11H10Cl2F3NO/c12-4-5-17(7-11(14,15)16)10(18)8-2-1-3-9(13)6-8/h1-3,6H,4-5,7H2. The number of benzene rings is 1. The number of carbonyl (C=O) groups excluding carboxylic acids is 1. The van der Waals surface area contributed by atoms with Gasteiger partial charge in [0, 0.05) is 23.0 Å². The van der Waals surface area contributed by atoms with Crippen LogP contribution in [0.3, 0.4) is 0 Å². The third-order valence-electron chi connectivity index (χ3n) is 2.08. The number of hydrogen-bond donors (Lipinski definition) is 0. The molecule has 0 aromatic heterocycles. The van der Waals surface area contributed by atoms with Crippen molar-refractivity contribution in [3.8, 4) is 0 Å². The SMILES string of the molecule is O=C(c1cccc(Cl)c1)N(CCCl)CC(F)(F)F. The van der Waals surface area contributed by atoms with Crippen LogP contribution in [0.2, 0.25) is 5.02 Å². The molecule has 0 aliphatic carbocycles. The molecule has 0 saturated carbocycles. The van der Waals surface area contributed by atoms with Crippen molar-refractivity contribution in [2.24, 2.45) is 0 Å². The zero-order valence-electron chi connectivity index (χ0n) is 9.18. The summed E-state index contributed by atoms with van der Waals surface area (Å²) in [5, 5.41) is 0.290. The third kappa shape index (κ3) is 4.74. The molecule has 0 spiro atoms. The van der Waals surface area contributed by atoms with Crippen LogP contribution >= 0.6 is 23.2 Å². The number of rotatable bonds is 4. The number of hydrogen-bond acceptors (Lipinski definition) is 1. The van der Waals surface area contributed by atoms with Crippen LogP contribution in [-0.4, -0.2) is 36.0 Å². The number of carbonyl (C=O) groups is 1. The van der Waals surface area contributed by atoms with Crippen LogP contribution in [0.1, 0.15) is 10.4 Å². The Bertz CT molecular complexity index is 423. The lowest BCUT2D eigenvalue weighted by molar-refractivity contribution is -0.140. The predicted molar refractivity (Wildman–Crippen MR) is 64.1 cm³/mol. The van der Waals surface area contributed by atoms with Crippen LogP contribution in [-0.2, 0) is 0 Å². The average molecular weight is 300 g/mol. The number of nitrogens with zero attached hydrogens (tertiary/aromatic N) is 1. The van der Waals surface area contributed by atoms with E-state index in [2.05, 4.69) is 0 Å². The fourth-order valence-corrected chi connectivity index (χ4v) is 1.77. The Morgan fingerprint density at radius 3 is 2.50 bits per heavy atom. The molecule has 0 radical (unpaired) electrons. The Balaban J connectivity index is 2.89. The van der Waals surface area contributed by atoms with Crippen LogP contribution in [0.5, 0.6) is 0 Å². The second-order valence-corrected chi connectivity index (χ2v) is 4.36. The molecule has 0 aliphatic heterocycles.